The molecule has 1 saturated heterocycles. The average Bonchev–Trinajstić information content (AvgIpc) is 2.85. The molecule has 1 heterocycles. The summed E-state index contributed by atoms with van der Waals surface area (Å²) in [4.78, 5) is 12.9. The monoisotopic (exact) mass is 513 g/mol. The topological polar surface area (TPSA) is 87.3 Å². The molecule has 0 aliphatic carbocycles. The third kappa shape index (κ3) is 6.49. The van der Waals surface area contributed by atoms with Crippen molar-refractivity contribution in [2.24, 2.45) is 5.92 Å². The van der Waals surface area contributed by atoms with E-state index in [1.54, 1.807) is 31.2 Å². The third-order valence-electron chi connectivity index (χ3n) is 6.44. The fraction of sp³-hybridized carbons (Fsp3) is 0.296. The van der Waals surface area contributed by atoms with Crippen molar-refractivity contribution in [3.63, 3.8) is 0 Å². The first-order valence-corrected chi connectivity index (χ1v) is 13.1. The van der Waals surface area contributed by atoms with Gasteiger partial charge < -0.3 is 10.6 Å². The van der Waals surface area contributed by atoms with Gasteiger partial charge in [-0.3, -0.25) is 4.79 Å². The van der Waals surface area contributed by atoms with Crippen LogP contribution in [0.5, 0.6) is 0 Å². The second-order valence-corrected chi connectivity index (χ2v) is 10.6. The number of hydrogen-bond donors (Lipinski definition) is 3. The number of halogens is 1. The number of rotatable bonds is 7. The normalized spacial score (nSPS) is 15.1. The van der Waals surface area contributed by atoms with Crippen LogP contribution >= 0.6 is 12.4 Å². The molecule has 0 bridgehead atoms. The zero-order valence-electron chi connectivity index (χ0n) is 20.0. The smallest absolute Gasteiger partial charge is 0.255 e. The van der Waals surface area contributed by atoms with Crippen LogP contribution in [0.3, 0.4) is 0 Å². The molecule has 0 saturated carbocycles. The van der Waals surface area contributed by atoms with E-state index < -0.39 is 10.0 Å². The van der Waals surface area contributed by atoms with Crippen LogP contribution in [0.2, 0.25) is 0 Å². The van der Waals surface area contributed by atoms with Gasteiger partial charge >= 0.3 is 0 Å². The van der Waals surface area contributed by atoms with E-state index in [1.165, 1.54) is 0 Å². The van der Waals surface area contributed by atoms with Crippen LogP contribution in [0.4, 0.5) is 5.69 Å². The maximum atomic E-state index is 13.4. The molecular weight excluding hydrogens is 482 g/mol. The Kier molecular flexibility index (Phi) is 9.08. The number of hydrogen-bond acceptors (Lipinski definition) is 4. The summed E-state index contributed by atoms with van der Waals surface area (Å²) in [5.41, 5.74) is 3.71. The third-order valence-corrected chi connectivity index (χ3v) is 7.88. The largest absolute Gasteiger partial charge is 0.322 e. The van der Waals surface area contributed by atoms with E-state index >= 15 is 0 Å². The number of carbonyl (C=O) groups is 1. The van der Waals surface area contributed by atoms with E-state index in [0.29, 0.717) is 16.8 Å². The van der Waals surface area contributed by atoms with Crippen molar-refractivity contribution in [1.82, 2.24) is 10.0 Å². The van der Waals surface area contributed by atoms with Gasteiger partial charge in [-0.05, 0) is 86.7 Å². The Morgan fingerprint density at radius 1 is 0.914 bits per heavy atom. The summed E-state index contributed by atoms with van der Waals surface area (Å²) in [6, 6.07) is 21.6. The molecule has 35 heavy (non-hydrogen) atoms. The summed E-state index contributed by atoms with van der Waals surface area (Å²) in [5, 5.41) is 6.25. The highest BCUT2D eigenvalue weighted by Crippen LogP contribution is 2.31. The SMILES string of the molecule is Cc1cc(S(=O)(=O)NC(c2ccccc2)C2CCNCC2)ccc1NC(=O)c1ccccc1C.Cl. The average molecular weight is 514 g/mol. The molecule has 1 aliphatic heterocycles. The van der Waals surface area contributed by atoms with Crippen LogP contribution < -0.4 is 15.4 Å². The molecule has 0 radical (unpaired) electrons. The lowest BCUT2D eigenvalue weighted by molar-refractivity contribution is 0.102. The van der Waals surface area contributed by atoms with Crippen molar-refractivity contribution in [2.45, 2.75) is 37.6 Å². The number of sulfonamides is 1. The lowest BCUT2D eigenvalue weighted by atomic mass is 9.87. The zero-order valence-corrected chi connectivity index (χ0v) is 21.6. The number of aryl methyl sites for hydroxylation is 2. The van der Waals surface area contributed by atoms with E-state index in [-0.39, 0.29) is 35.2 Å². The Labute approximate surface area is 214 Å². The lowest BCUT2D eigenvalue weighted by Crippen LogP contribution is -2.38. The van der Waals surface area contributed by atoms with Gasteiger partial charge in [-0.1, -0.05) is 48.5 Å². The Hall–Kier alpha value is -2.71. The van der Waals surface area contributed by atoms with Gasteiger partial charge in [-0.25, -0.2) is 13.1 Å². The Bertz CT molecular complexity index is 1260. The van der Waals surface area contributed by atoms with Gasteiger partial charge in [-0.15, -0.1) is 12.4 Å². The van der Waals surface area contributed by atoms with Gasteiger partial charge in [-0.2, -0.15) is 0 Å². The second kappa shape index (κ2) is 11.8. The minimum absolute atomic E-state index is 0. The first-order valence-electron chi connectivity index (χ1n) is 11.6. The van der Waals surface area contributed by atoms with Crippen molar-refractivity contribution in [1.29, 1.82) is 0 Å². The standard InChI is InChI=1S/C27H31N3O3S.ClH/c1-19-8-6-7-11-24(19)27(31)29-25-13-12-23(18-20(25)2)34(32,33)30-26(21-9-4-3-5-10-21)22-14-16-28-17-15-22;/h3-13,18,22,26,28,30H,14-17H2,1-2H3,(H,29,31);1H. The fourth-order valence-corrected chi connectivity index (χ4v) is 5.85. The van der Waals surface area contributed by atoms with E-state index in [4.69, 9.17) is 0 Å². The summed E-state index contributed by atoms with van der Waals surface area (Å²) in [5.74, 6) is -0.00261. The molecule has 0 spiro atoms. The van der Waals surface area contributed by atoms with Gasteiger partial charge in [0.1, 0.15) is 0 Å². The Morgan fingerprint density at radius 2 is 1.57 bits per heavy atom. The molecule has 1 atom stereocenters. The number of amides is 1. The van der Waals surface area contributed by atoms with Crippen molar-refractivity contribution in [3.05, 3.63) is 95.1 Å². The lowest BCUT2D eigenvalue weighted by Gasteiger charge is -2.31. The van der Waals surface area contributed by atoms with Crippen LogP contribution in [-0.2, 0) is 10.0 Å². The predicted molar refractivity (Wildman–Crippen MR) is 143 cm³/mol. The summed E-state index contributed by atoms with van der Waals surface area (Å²) < 4.78 is 29.8. The van der Waals surface area contributed by atoms with Crippen LogP contribution in [0, 0.1) is 19.8 Å². The van der Waals surface area contributed by atoms with Gasteiger partial charge in [0.05, 0.1) is 4.90 Å². The molecule has 3 aromatic rings. The fourth-order valence-electron chi connectivity index (χ4n) is 4.47. The molecule has 1 amide bonds. The first-order chi connectivity index (χ1) is 16.3. The van der Waals surface area contributed by atoms with Crippen LogP contribution in [0.25, 0.3) is 0 Å². The highest BCUT2D eigenvalue weighted by atomic mass is 35.5. The molecular formula is C27H32ClN3O3S. The number of benzene rings is 3. The molecule has 1 aliphatic rings. The molecule has 4 rings (SSSR count). The highest BCUT2D eigenvalue weighted by molar-refractivity contribution is 7.89. The summed E-state index contributed by atoms with van der Waals surface area (Å²) in [7, 11) is -3.77. The van der Waals surface area contributed by atoms with E-state index in [2.05, 4.69) is 15.4 Å². The molecule has 1 unspecified atom stereocenters. The van der Waals surface area contributed by atoms with Crippen LogP contribution in [0.1, 0.15) is 45.9 Å². The number of anilines is 1. The Balaban J connectivity index is 0.00000342. The highest BCUT2D eigenvalue weighted by Gasteiger charge is 2.29. The van der Waals surface area contributed by atoms with Gasteiger partial charge in [0.25, 0.3) is 5.91 Å². The molecule has 3 N–H and O–H groups in total. The number of piperidine rings is 1. The second-order valence-electron chi connectivity index (χ2n) is 8.84. The van der Waals surface area contributed by atoms with Gasteiger partial charge in [0.2, 0.25) is 10.0 Å². The van der Waals surface area contributed by atoms with Crippen molar-refractivity contribution in [2.75, 3.05) is 18.4 Å². The minimum atomic E-state index is -3.77. The summed E-state index contributed by atoms with van der Waals surface area (Å²) in [6.45, 7) is 5.44. The molecule has 186 valence electrons. The predicted octanol–water partition coefficient (Wildman–Crippen LogP) is 5.00. The van der Waals surface area contributed by atoms with Crippen molar-refractivity contribution in [3.8, 4) is 0 Å². The molecule has 8 heteroatoms. The maximum Gasteiger partial charge on any atom is 0.255 e. The zero-order chi connectivity index (χ0) is 24.1. The molecule has 3 aromatic carbocycles. The van der Waals surface area contributed by atoms with Crippen molar-refractivity contribution < 1.29 is 13.2 Å². The van der Waals surface area contributed by atoms with E-state index in [0.717, 1.165) is 37.1 Å². The Morgan fingerprint density at radius 3 is 2.23 bits per heavy atom. The molecule has 0 aromatic heterocycles. The van der Waals surface area contributed by atoms with E-state index in [1.807, 2.05) is 55.5 Å². The summed E-state index contributed by atoms with van der Waals surface area (Å²) in [6.07, 6.45) is 1.82. The number of nitrogens with one attached hydrogen (secondary N) is 3. The maximum absolute atomic E-state index is 13.4. The quantitative estimate of drug-likeness (QED) is 0.415. The first kappa shape index (κ1) is 26.9. The van der Waals surface area contributed by atoms with Gasteiger partial charge in [0.15, 0.2) is 0 Å². The van der Waals surface area contributed by atoms with E-state index in [9.17, 15) is 13.2 Å². The molecule has 6 nitrogen and oxygen atoms in total. The number of carbonyl (C=O) groups excluding carboxylic acids is 1. The van der Waals surface area contributed by atoms with Crippen LogP contribution in [-0.4, -0.2) is 27.4 Å². The summed E-state index contributed by atoms with van der Waals surface area (Å²) >= 11 is 0. The minimum Gasteiger partial charge on any atom is -0.322 e. The molecule has 1 fully saturated rings. The van der Waals surface area contributed by atoms with Crippen LogP contribution in [0.15, 0.2) is 77.7 Å². The van der Waals surface area contributed by atoms with Gasteiger partial charge in [0, 0.05) is 17.3 Å². The van der Waals surface area contributed by atoms with Crippen molar-refractivity contribution >= 4 is 34.0 Å².